The number of benzene rings is 1. The van der Waals surface area contributed by atoms with E-state index in [0.29, 0.717) is 0 Å². The number of rotatable bonds is 2. The van der Waals surface area contributed by atoms with Crippen LogP contribution in [0.5, 0.6) is 11.5 Å². The first-order chi connectivity index (χ1) is 9.99. The Morgan fingerprint density at radius 1 is 1.19 bits per heavy atom. The fraction of sp³-hybridized carbons (Fsp3) is 0. The number of hydrogen-bond donors (Lipinski definition) is 3. The van der Waals surface area contributed by atoms with Crippen LogP contribution in [-0.2, 0) is 0 Å². The molecule has 1 aromatic carbocycles. The normalized spacial score (nSPS) is 10.9. The lowest BCUT2D eigenvalue weighted by Gasteiger charge is -2.06. The molecule has 0 aliphatic rings. The van der Waals surface area contributed by atoms with E-state index in [9.17, 15) is 15.0 Å². The zero-order valence-electron chi connectivity index (χ0n) is 10.4. The maximum atomic E-state index is 11.1. The van der Waals surface area contributed by atoms with E-state index in [0.717, 1.165) is 0 Å². The number of phenols is 2. The maximum absolute atomic E-state index is 11.1. The van der Waals surface area contributed by atoms with Gasteiger partial charge in [-0.25, -0.2) is 4.79 Å². The first-order valence-electron chi connectivity index (χ1n) is 5.78. The van der Waals surface area contributed by atoms with Gasteiger partial charge < -0.3 is 15.3 Å². The van der Waals surface area contributed by atoms with Gasteiger partial charge in [-0.2, -0.15) is 0 Å². The number of nitrogens with zero attached hydrogens (tertiary/aromatic N) is 3. The van der Waals surface area contributed by atoms with Crippen LogP contribution in [0.1, 0.15) is 10.4 Å². The van der Waals surface area contributed by atoms with Gasteiger partial charge >= 0.3 is 5.97 Å². The van der Waals surface area contributed by atoms with E-state index in [1.165, 1.54) is 34.9 Å². The molecule has 0 radical (unpaired) electrons. The van der Waals surface area contributed by atoms with Gasteiger partial charge in [0.25, 0.3) is 0 Å². The smallest absolute Gasteiger partial charge is 0.337 e. The molecule has 21 heavy (non-hydrogen) atoms. The predicted molar refractivity (Wildman–Crippen MR) is 73.7 cm³/mol. The molecule has 0 aliphatic carbocycles. The number of hydrogen-bond acceptors (Lipinski definition) is 5. The number of halogens is 1. The third-order valence-electron chi connectivity index (χ3n) is 2.95. The number of aromatic nitrogens is 3. The molecule has 7 nitrogen and oxygen atoms in total. The fourth-order valence-corrected chi connectivity index (χ4v) is 2.25. The Morgan fingerprint density at radius 3 is 2.48 bits per heavy atom. The average molecular weight is 306 g/mol. The predicted octanol–water partition coefficient (Wildman–Crippen LogP) is 2.16. The number of fused-ring (bicyclic) bond motifs is 1. The summed E-state index contributed by atoms with van der Waals surface area (Å²) in [4.78, 5) is 11.1. The first-order valence-corrected chi connectivity index (χ1v) is 6.15. The molecule has 3 aromatic rings. The molecule has 106 valence electrons. The van der Waals surface area contributed by atoms with Crippen molar-refractivity contribution in [3.8, 4) is 22.9 Å². The summed E-state index contributed by atoms with van der Waals surface area (Å²) >= 11 is 5.97. The monoisotopic (exact) mass is 305 g/mol. The molecule has 0 aliphatic heterocycles. The summed E-state index contributed by atoms with van der Waals surface area (Å²) in [7, 11) is 0. The zero-order valence-corrected chi connectivity index (χ0v) is 11.1. The molecule has 0 fully saturated rings. The SMILES string of the molecule is O=C(O)c1cc(Cl)c2nnc(-c3c(O)cccc3O)n2c1. The van der Waals surface area contributed by atoms with Crippen LogP contribution in [0.2, 0.25) is 5.02 Å². The van der Waals surface area contributed by atoms with E-state index in [1.807, 2.05) is 0 Å². The van der Waals surface area contributed by atoms with Crippen molar-refractivity contribution in [2.24, 2.45) is 0 Å². The van der Waals surface area contributed by atoms with Crippen molar-refractivity contribution >= 4 is 23.2 Å². The van der Waals surface area contributed by atoms with Gasteiger partial charge in [0.05, 0.1) is 10.6 Å². The van der Waals surface area contributed by atoms with Crippen LogP contribution in [0.15, 0.2) is 30.5 Å². The van der Waals surface area contributed by atoms with Crippen LogP contribution in [0.3, 0.4) is 0 Å². The summed E-state index contributed by atoms with van der Waals surface area (Å²) in [5, 5.41) is 36.6. The molecule has 0 saturated carbocycles. The van der Waals surface area contributed by atoms with Crippen LogP contribution in [0.25, 0.3) is 17.0 Å². The highest BCUT2D eigenvalue weighted by Gasteiger charge is 2.19. The van der Waals surface area contributed by atoms with E-state index >= 15 is 0 Å². The van der Waals surface area contributed by atoms with Crippen LogP contribution in [0.4, 0.5) is 0 Å². The summed E-state index contributed by atoms with van der Waals surface area (Å²) in [5.74, 6) is -1.49. The molecule has 2 heterocycles. The number of carboxylic acid groups (broad SMARTS) is 1. The molecule has 2 aromatic heterocycles. The third-order valence-corrected chi connectivity index (χ3v) is 3.23. The number of aromatic hydroxyl groups is 2. The van der Waals surface area contributed by atoms with E-state index in [-0.39, 0.29) is 39.1 Å². The molecule has 3 rings (SSSR count). The second kappa shape index (κ2) is 4.64. The minimum atomic E-state index is -1.17. The maximum Gasteiger partial charge on any atom is 0.337 e. The molecule has 0 amide bonds. The van der Waals surface area contributed by atoms with Crippen molar-refractivity contribution in [3.63, 3.8) is 0 Å². The lowest BCUT2D eigenvalue weighted by atomic mass is 10.1. The minimum absolute atomic E-state index is 0.0450. The van der Waals surface area contributed by atoms with Gasteiger partial charge in [0.2, 0.25) is 0 Å². The molecule has 0 bridgehead atoms. The van der Waals surface area contributed by atoms with Crippen molar-refractivity contribution < 1.29 is 20.1 Å². The van der Waals surface area contributed by atoms with E-state index < -0.39 is 5.97 Å². The first kappa shape index (κ1) is 13.2. The summed E-state index contributed by atoms with van der Waals surface area (Å²) in [6.07, 6.45) is 1.27. The van der Waals surface area contributed by atoms with Gasteiger partial charge in [0.1, 0.15) is 17.1 Å². The van der Waals surface area contributed by atoms with Gasteiger partial charge in [0, 0.05) is 6.20 Å². The molecule has 8 heteroatoms. The number of pyridine rings is 1. The van der Waals surface area contributed by atoms with Gasteiger partial charge in [0.15, 0.2) is 11.5 Å². The second-order valence-corrected chi connectivity index (χ2v) is 4.68. The molecular weight excluding hydrogens is 298 g/mol. The molecule has 0 saturated heterocycles. The van der Waals surface area contributed by atoms with Crippen molar-refractivity contribution in [3.05, 3.63) is 41.0 Å². The van der Waals surface area contributed by atoms with Crippen molar-refractivity contribution in [1.82, 2.24) is 14.6 Å². The van der Waals surface area contributed by atoms with Crippen molar-refractivity contribution in [2.45, 2.75) is 0 Å². The second-order valence-electron chi connectivity index (χ2n) is 4.27. The summed E-state index contributed by atoms with van der Waals surface area (Å²) < 4.78 is 1.31. The lowest BCUT2D eigenvalue weighted by molar-refractivity contribution is 0.0696. The Hall–Kier alpha value is -2.80. The molecule has 0 atom stereocenters. The van der Waals surface area contributed by atoms with Gasteiger partial charge in [-0.15, -0.1) is 10.2 Å². The van der Waals surface area contributed by atoms with E-state index in [2.05, 4.69) is 10.2 Å². The summed E-state index contributed by atoms with van der Waals surface area (Å²) in [6.45, 7) is 0. The highest BCUT2D eigenvalue weighted by atomic mass is 35.5. The topological polar surface area (TPSA) is 108 Å². The van der Waals surface area contributed by atoms with Gasteiger partial charge in [-0.3, -0.25) is 4.40 Å². The number of aromatic carboxylic acids is 1. The molecule has 3 N–H and O–H groups in total. The Kier molecular flexibility index (Phi) is 2.91. The Morgan fingerprint density at radius 2 is 1.86 bits per heavy atom. The van der Waals surface area contributed by atoms with E-state index in [1.54, 1.807) is 0 Å². The lowest BCUT2D eigenvalue weighted by Crippen LogP contribution is -2.00. The summed E-state index contributed by atoms with van der Waals surface area (Å²) in [5.41, 5.74) is 0.200. The van der Waals surface area contributed by atoms with Crippen LogP contribution < -0.4 is 0 Å². The Balaban J connectivity index is 2.37. The molecule has 0 spiro atoms. The van der Waals surface area contributed by atoms with E-state index in [4.69, 9.17) is 16.7 Å². The highest BCUT2D eigenvalue weighted by molar-refractivity contribution is 6.33. The third kappa shape index (κ3) is 2.03. The standard InChI is InChI=1S/C13H8ClN3O4/c14-7-4-6(13(20)21)5-17-11(7)15-16-12(17)10-8(18)2-1-3-9(10)19/h1-5,18-19H,(H,20,21). The zero-order chi connectivity index (χ0) is 15.1. The largest absolute Gasteiger partial charge is 0.507 e. The highest BCUT2D eigenvalue weighted by Crippen LogP contribution is 2.36. The average Bonchev–Trinajstić information content (AvgIpc) is 2.83. The Labute approximate surface area is 122 Å². The van der Waals surface area contributed by atoms with Crippen molar-refractivity contribution in [2.75, 3.05) is 0 Å². The van der Waals surface area contributed by atoms with Crippen LogP contribution >= 0.6 is 11.6 Å². The summed E-state index contributed by atoms with van der Waals surface area (Å²) in [6, 6.07) is 5.47. The van der Waals surface area contributed by atoms with Gasteiger partial charge in [-0.05, 0) is 18.2 Å². The quantitative estimate of drug-likeness (QED) is 0.669. The number of carbonyl (C=O) groups is 1. The Bertz CT molecular complexity index is 855. The van der Waals surface area contributed by atoms with Crippen molar-refractivity contribution in [1.29, 1.82) is 0 Å². The molecular formula is C13H8ClN3O4. The minimum Gasteiger partial charge on any atom is -0.507 e. The number of phenolic OH excluding ortho intramolecular Hbond substituents is 2. The molecule has 0 unspecified atom stereocenters. The van der Waals surface area contributed by atoms with Gasteiger partial charge in [-0.1, -0.05) is 17.7 Å². The fourth-order valence-electron chi connectivity index (χ4n) is 2.00. The van der Waals surface area contributed by atoms with Crippen LogP contribution in [-0.4, -0.2) is 35.9 Å². The number of carboxylic acids is 1. The van der Waals surface area contributed by atoms with Crippen LogP contribution in [0, 0.1) is 0 Å².